The first-order valence-electron chi connectivity index (χ1n) is 7.35. The lowest BCUT2D eigenvalue weighted by molar-refractivity contribution is -0.137. The summed E-state index contributed by atoms with van der Waals surface area (Å²) in [7, 11) is 1.91. The van der Waals surface area contributed by atoms with E-state index in [2.05, 4.69) is 5.32 Å². The van der Waals surface area contributed by atoms with Crippen molar-refractivity contribution in [2.24, 2.45) is 0 Å². The van der Waals surface area contributed by atoms with Crippen LogP contribution in [0.25, 0.3) is 0 Å². The number of halogens is 1. The molecule has 0 bridgehead atoms. The van der Waals surface area contributed by atoms with Crippen LogP contribution in [0.5, 0.6) is 0 Å². The number of nitrogens with one attached hydrogen (secondary N) is 1. The van der Waals surface area contributed by atoms with Crippen molar-refractivity contribution in [1.82, 2.24) is 15.1 Å². The monoisotopic (exact) mass is 305 g/mol. The first-order valence-corrected chi connectivity index (χ1v) is 7.35. The number of hydrogen-bond donors (Lipinski definition) is 1. The first kappa shape index (κ1) is 19.2. The molecule has 0 aromatic rings. The van der Waals surface area contributed by atoms with Crippen molar-refractivity contribution in [2.45, 2.75) is 45.6 Å². The van der Waals surface area contributed by atoms with Crippen molar-refractivity contribution in [3.63, 3.8) is 0 Å². The summed E-state index contributed by atoms with van der Waals surface area (Å²) in [4.78, 5) is 27.8. The van der Waals surface area contributed by atoms with Crippen LogP contribution >= 0.6 is 12.4 Å². The maximum absolute atomic E-state index is 12.2. The maximum atomic E-state index is 12.2. The van der Waals surface area contributed by atoms with Gasteiger partial charge in [-0.2, -0.15) is 0 Å². The van der Waals surface area contributed by atoms with Gasteiger partial charge in [-0.25, -0.2) is 0 Å². The summed E-state index contributed by atoms with van der Waals surface area (Å²) in [5.74, 6) is 0.209. The molecule has 118 valence electrons. The van der Waals surface area contributed by atoms with Crippen molar-refractivity contribution in [3.8, 4) is 0 Å². The topological polar surface area (TPSA) is 52.7 Å². The fourth-order valence-electron chi connectivity index (χ4n) is 2.70. The fourth-order valence-corrected chi connectivity index (χ4v) is 2.70. The zero-order valence-corrected chi connectivity index (χ0v) is 13.7. The molecule has 1 unspecified atom stereocenters. The second-order valence-corrected chi connectivity index (χ2v) is 5.01. The third kappa shape index (κ3) is 5.29. The predicted molar refractivity (Wildman–Crippen MR) is 83.1 cm³/mol. The van der Waals surface area contributed by atoms with Crippen molar-refractivity contribution >= 4 is 24.2 Å². The lowest BCUT2D eigenvalue weighted by Gasteiger charge is -2.25. The molecule has 1 aliphatic rings. The summed E-state index contributed by atoms with van der Waals surface area (Å²) in [6, 6.07) is 0.307. The molecule has 2 amide bonds. The Hall–Kier alpha value is -0.810. The smallest absolute Gasteiger partial charge is 0.223 e. The third-order valence-electron chi connectivity index (χ3n) is 3.81. The molecule has 1 fully saturated rings. The third-order valence-corrected chi connectivity index (χ3v) is 3.81. The molecule has 1 rings (SSSR count). The van der Waals surface area contributed by atoms with E-state index in [4.69, 9.17) is 0 Å². The van der Waals surface area contributed by atoms with Crippen molar-refractivity contribution < 1.29 is 9.59 Å². The Morgan fingerprint density at radius 3 is 2.45 bits per heavy atom. The first-order chi connectivity index (χ1) is 9.13. The number of rotatable bonds is 7. The SMILES string of the molecule is CCN(CC)C(=O)CCC(=O)N1CCCC1CNC.Cl. The number of hydrogen-bond acceptors (Lipinski definition) is 3. The van der Waals surface area contributed by atoms with Gasteiger partial charge in [-0.3, -0.25) is 9.59 Å². The molecule has 1 N–H and O–H groups in total. The average Bonchev–Trinajstić information content (AvgIpc) is 2.86. The van der Waals surface area contributed by atoms with Gasteiger partial charge in [0.05, 0.1) is 0 Å². The number of amides is 2. The fraction of sp³-hybridized carbons (Fsp3) is 0.857. The molecule has 1 atom stereocenters. The predicted octanol–water partition coefficient (Wildman–Crippen LogP) is 1.27. The minimum Gasteiger partial charge on any atom is -0.343 e. The Kier molecular flexibility index (Phi) is 9.59. The van der Waals surface area contributed by atoms with E-state index in [0.29, 0.717) is 18.9 Å². The molecule has 0 spiro atoms. The maximum Gasteiger partial charge on any atom is 0.223 e. The molecule has 0 aromatic carbocycles. The van der Waals surface area contributed by atoms with Gasteiger partial charge in [0.1, 0.15) is 0 Å². The summed E-state index contributed by atoms with van der Waals surface area (Å²) in [6.07, 6.45) is 2.82. The number of carbonyl (C=O) groups is 2. The van der Waals surface area contributed by atoms with Crippen LogP contribution in [0, 0.1) is 0 Å². The summed E-state index contributed by atoms with van der Waals surface area (Å²) >= 11 is 0. The summed E-state index contributed by atoms with van der Waals surface area (Å²) in [5, 5.41) is 3.13. The van der Waals surface area contributed by atoms with E-state index in [-0.39, 0.29) is 24.2 Å². The second-order valence-electron chi connectivity index (χ2n) is 5.01. The van der Waals surface area contributed by atoms with Crippen LogP contribution in [0.15, 0.2) is 0 Å². The normalized spacial score (nSPS) is 17.8. The van der Waals surface area contributed by atoms with Gasteiger partial charge in [-0.1, -0.05) is 0 Å². The van der Waals surface area contributed by atoms with Gasteiger partial charge >= 0.3 is 0 Å². The Bertz CT molecular complexity index is 309. The Morgan fingerprint density at radius 1 is 1.25 bits per heavy atom. The largest absolute Gasteiger partial charge is 0.343 e. The molecular weight excluding hydrogens is 278 g/mol. The zero-order valence-electron chi connectivity index (χ0n) is 12.9. The van der Waals surface area contributed by atoms with Crippen LogP contribution in [0.1, 0.15) is 39.5 Å². The van der Waals surface area contributed by atoms with Gasteiger partial charge in [0.2, 0.25) is 11.8 Å². The van der Waals surface area contributed by atoms with Gasteiger partial charge < -0.3 is 15.1 Å². The van der Waals surface area contributed by atoms with Crippen LogP contribution in [-0.2, 0) is 9.59 Å². The summed E-state index contributed by atoms with van der Waals surface area (Å²) in [5.41, 5.74) is 0. The number of likely N-dealkylation sites (N-methyl/N-ethyl adjacent to an activating group) is 1. The highest BCUT2D eigenvalue weighted by molar-refractivity contribution is 5.85. The Morgan fingerprint density at radius 2 is 1.90 bits per heavy atom. The molecule has 0 aliphatic carbocycles. The van der Waals surface area contributed by atoms with Crippen LogP contribution in [0.3, 0.4) is 0 Å². The lowest BCUT2D eigenvalue weighted by atomic mass is 10.2. The van der Waals surface area contributed by atoms with E-state index >= 15 is 0 Å². The highest BCUT2D eigenvalue weighted by Gasteiger charge is 2.28. The molecule has 0 radical (unpaired) electrons. The van der Waals surface area contributed by atoms with E-state index in [1.54, 1.807) is 4.90 Å². The van der Waals surface area contributed by atoms with Gasteiger partial charge in [0.15, 0.2) is 0 Å². The number of nitrogens with zero attached hydrogens (tertiary/aromatic N) is 2. The van der Waals surface area contributed by atoms with Gasteiger partial charge in [0.25, 0.3) is 0 Å². The highest BCUT2D eigenvalue weighted by Crippen LogP contribution is 2.18. The molecule has 5 nitrogen and oxygen atoms in total. The molecule has 6 heteroatoms. The van der Waals surface area contributed by atoms with E-state index in [1.165, 1.54) is 0 Å². The van der Waals surface area contributed by atoms with Crippen LogP contribution < -0.4 is 5.32 Å². The zero-order chi connectivity index (χ0) is 14.3. The molecule has 20 heavy (non-hydrogen) atoms. The standard InChI is InChI=1S/C14H27N3O2.ClH/c1-4-16(5-2)13(18)8-9-14(19)17-10-6-7-12(17)11-15-3;/h12,15H,4-11H2,1-3H3;1H. The van der Waals surface area contributed by atoms with Crippen molar-refractivity contribution in [1.29, 1.82) is 0 Å². The highest BCUT2D eigenvalue weighted by atomic mass is 35.5. The molecule has 0 saturated carbocycles. The number of carbonyl (C=O) groups excluding carboxylic acids is 2. The summed E-state index contributed by atoms with van der Waals surface area (Å²) in [6.45, 7) is 7.05. The molecular formula is C14H28ClN3O2. The molecule has 0 aromatic heterocycles. The van der Waals surface area contributed by atoms with E-state index in [1.807, 2.05) is 25.8 Å². The Balaban J connectivity index is 0.00000361. The minimum absolute atomic E-state index is 0. The van der Waals surface area contributed by atoms with Crippen LogP contribution in [0.2, 0.25) is 0 Å². The second kappa shape index (κ2) is 10.00. The van der Waals surface area contributed by atoms with Gasteiger partial charge in [-0.15, -0.1) is 12.4 Å². The van der Waals surface area contributed by atoms with Crippen LogP contribution in [-0.4, -0.2) is 60.9 Å². The summed E-state index contributed by atoms with van der Waals surface area (Å²) < 4.78 is 0. The van der Waals surface area contributed by atoms with Gasteiger partial charge in [0, 0.05) is 45.1 Å². The number of likely N-dealkylation sites (tertiary alicyclic amines) is 1. The van der Waals surface area contributed by atoms with E-state index in [9.17, 15) is 9.59 Å². The average molecular weight is 306 g/mol. The van der Waals surface area contributed by atoms with Crippen molar-refractivity contribution in [2.75, 3.05) is 33.2 Å². The van der Waals surface area contributed by atoms with Gasteiger partial charge in [-0.05, 0) is 33.7 Å². The minimum atomic E-state index is 0. The van der Waals surface area contributed by atoms with Crippen LogP contribution in [0.4, 0.5) is 0 Å². The molecule has 1 aliphatic heterocycles. The van der Waals surface area contributed by atoms with E-state index in [0.717, 1.165) is 39.0 Å². The van der Waals surface area contributed by atoms with E-state index < -0.39 is 0 Å². The quantitative estimate of drug-likeness (QED) is 0.770. The van der Waals surface area contributed by atoms with Crippen molar-refractivity contribution in [3.05, 3.63) is 0 Å². The Labute approximate surface area is 128 Å². The lowest BCUT2D eigenvalue weighted by Crippen LogP contribution is -2.41. The molecule has 1 saturated heterocycles. The molecule has 1 heterocycles.